The maximum absolute atomic E-state index is 14.2. The third-order valence-electron chi connectivity index (χ3n) is 5.62. The summed E-state index contributed by atoms with van der Waals surface area (Å²) in [5, 5.41) is 0. The first-order valence-corrected chi connectivity index (χ1v) is 9.98. The fourth-order valence-corrected chi connectivity index (χ4v) is 4.02. The van der Waals surface area contributed by atoms with Crippen molar-refractivity contribution in [3.63, 3.8) is 0 Å². The van der Waals surface area contributed by atoms with Gasteiger partial charge in [-0.25, -0.2) is 9.18 Å². The molecule has 0 saturated heterocycles. The lowest BCUT2D eigenvalue weighted by Gasteiger charge is -2.09. The highest BCUT2D eigenvalue weighted by atomic mass is 19.1. The summed E-state index contributed by atoms with van der Waals surface area (Å²) in [5.41, 5.74) is 1.34. The summed E-state index contributed by atoms with van der Waals surface area (Å²) in [6.45, 7) is 1.73. The van der Waals surface area contributed by atoms with E-state index in [1.165, 1.54) is 10.6 Å². The minimum Gasteiger partial charge on any atom is -0.497 e. The molecule has 0 fully saturated rings. The predicted octanol–water partition coefficient (Wildman–Crippen LogP) is 2.64. The van der Waals surface area contributed by atoms with Gasteiger partial charge in [0.15, 0.2) is 11.2 Å². The molecule has 0 unspecified atom stereocenters. The van der Waals surface area contributed by atoms with Gasteiger partial charge in [-0.1, -0.05) is 24.3 Å². The molecule has 0 aliphatic carbocycles. The summed E-state index contributed by atoms with van der Waals surface area (Å²) in [4.78, 5) is 31.0. The number of halogens is 1. The van der Waals surface area contributed by atoms with Crippen LogP contribution in [-0.4, -0.2) is 30.2 Å². The van der Waals surface area contributed by atoms with E-state index in [0.717, 1.165) is 15.9 Å². The van der Waals surface area contributed by atoms with E-state index in [0.29, 0.717) is 11.5 Å². The molecule has 0 amide bonds. The Balaban J connectivity index is 1.79. The van der Waals surface area contributed by atoms with E-state index in [4.69, 9.17) is 4.74 Å². The molecule has 8 nitrogen and oxygen atoms in total. The van der Waals surface area contributed by atoms with Gasteiger partial charge in [0.05, 0.1) is 19.3 Å². The van der Waals surface area contributed by atoms with Crippen molar-refractivity contribution < 1.29 is 9.13 Å². The van der Waals surface area contributed by atoms with Crippen LogP contribution in [0.25, 0.3) is 22.6 Å². The van der Waals surface area contributed by atoms with Gasteiger partial charge in [-0.15, -0.1) is 0 Å². The molecule has 0 spiro atoms. The molecule has 32 heavy (non-hydrogen) atoms. The Hall–Kier alpha value is -4.14. The second kappa shape index (κ2) is 7.23. The van der Waals surface area contributed by atoms with E-state index in [2.05, 4.69) is 4.98 Å². The van der Waals surface area contributed by atoms with Crippen LogP contribution in [0.3, 0.4) is 0 Å². The molecule has 9 heteroatoms. The fraction of sp³-hybridized carbons (Fsp3) is 0.174. The van der Waals surface area contributed by atoms with Crippen LogP contribution in [0.2, 0.25) is 0 Å². The molecule has 0 N–H and O–H groups in total. The molecule has 0 aliphatic rings. The second-order valence-corrected chi connectivity index (χ2v) is 7.59. The lowest BCUT2D eigenvalue weighted by atomic mass is 10.2. The molecular formula is C23H20FN5O3. The van der Waals surface area contributed by atoms with Gasteiger partial charge in [0.1, 0.15) is 11.6 Å². The topological polar surface area (TPSA) is 75.5 Å². The lowest BCUT2D eigenvalue weighted by molar-refractivity contribution is 0.414. The van der Waals surface area contributed by atoms with Gasteiger partial charge in [0.25, 0.3) is 5.56 Å². The van der Waals surface area contributed by atoms with Gasteiger partial charge in [-0.3, -0.25) is 22.9 Å². The summed E-state index contributed by atoms with van der Waals surface area (Å²) >= 11 is 0. The fourth-order valence-electron chi connectivity index (χ4n) is 4.02. The smallest absolute Gasteiger partial charge is 0.332 e. The minimum absolute atomic E-state index is 0.170. The van der Waals surface area contributed by atoms with Crippen LogP contribution >= 0.6 is 0 Å². The molecule has 0 atom stereocenters. The molecule has 162 valence electrons. The van der Waals surface area contributed by atoms with E-state index >= 15 is 0 Å². The van der Waals surface area contributed by atoms with E-state index in [1.807, 2.05) is 35.8 Å². The van der Waals surface area contributed by atoms with E-state index in [-0.39, 0.29) is 23.3 Å². The number of methoxy groups -OCH3 is 1. The maximum atomic E-state index is 14.2. The van der Waals surface area contributed by atoms with Crippen LogP contribution in [-0.2, 0) is 13.6 Å². The Morgan fingerprint density at radius 3 is 2.62 bits per heavy atom. The Morgan fingerprint density at radius 2 is 1.88 bits per heavy atom. The molecule has 0 aliphatic heterocycles. The lowest BCUT2D eigenvalue weighted by Crippen LogP contribution is -2.39. The van der Waals surface area contributed by atoms with Crippen molar-refractivity contribution in [2.75, 3.05) is 7.11 Å². The zero-order valence-electron chi connectivity index (χ0n) is 17.7. The van der Waals surface area contributed by atoms with Crippen molar-refractivity contribution in [3.8, 4) is 11.4 Å². The van der Waals surface area contributed by atoms with Crippen LogP contribution in [0, 0.1) is 12.7 Å². The normalized spacial score (nSPS) is 11.5. The Labute approximate surface area is 181 Å². The van der Waals surface area contributed by atoms with Gasteiger partial charge >= 0.3 is 5.69 Å². The van der Waals surface area contributed by atoms with Gasteiger partial charge in [0, 0.05) is 30.6 Å². The third-order valence-corrected chi connectivity index (χ3v) is 5.62. The zero-order valence-corrected chi connectivity index (χ0v) is 17.7. The molecule has 0 radical (unpaired) electrons. The number of fused-ring (bicyclic) bond motifs is 3. The van der Waals surface area contributed by atoms with E-state index < -0.39 is 17.1 Å². The van der Waals surface area contributed by atoms with Crippen molar-refractivity contribution in [1.29, 1.82) is 0 Å². The minimum atomic E-state index is -0.559. The molecular weight excluding hydrogens is 413 g/mol. The zero-order chi connectivity index (χ0) is 22.6. The van der Waals surface area contributed by atoms with Crippen molar-refractivity contribution in [1.82, 2.24) is 23.1 Å². The second-order valence-electron chi connectivity index (χ2n) is 7.59. The maximum Gasteiger partial charge on any atom is 0.332 e. The van der Waals surface area contributed by atoms with Crippen molar-refractivity contribution in [2.24, 2.45) is 7.05 Å². The molecule has 5 rings (SSSR count). The summed E-state index contributed by atoms with van der Waals surface area (Å²) in [6.07, 6.45) is 1.80. The number of ether oxygens (including phenoxy) is 1. The number of rotatable bonds is 4. The number of nitrogens with zero attached hydrogens (tertiary/aromatic N) is 5. The average molecular weight is 433 g/mol. The van der Waals surface area contributed by atoms with Gasteiger partial charge < -0.3 is 4.74 Å². The third kappa shape index (κ3) is 2.85. The highest BCUT2D eigenvalue weighted by Crippen LogP contribution is 2.23. The number of aromatic nitrogens is 5. The SMILES string of the molecule is COc1cccc(-n2c(C)cn3c4c(=O)n(Cc5ccccc5F)c(=O)n(C)c4nc23)c1. The largest absolute Gasteiger partial charge is 0.497 e. The van der Waals surface area contributed by atoms with Crippen LogP contribution < -0.4 is 16.0 Å². The average Bonchev–Trinajstić information content (AvgIpc) is 3.31. The molecule has 3 aromatic heterocycles. The first-order valence-electron chi connectivity index (χ1n) is 9.98. The molecule has 0 bridgehead atoms. The van der Waals surface area contributed by atoms with Crippen LogP contribution in [0.15, 0.2) is 64.3 Å². The Morgan fingerprint density at radius 1 is 1.09 bits per heavy atom. The molecule has 5 aromatic rings. The Kier molecular flexibility index (Phi) is 4.47. The number of imidazole rings is 2. The van der Waals surface area contributed by atoms with E-state index in [9.17, 15) is 14.0 Å². The highest BCUT2D eigenvalue weighted by molar-refractivity contribution is 5.76. The Bertz CT molecular complexity index is 1620. The van der Waals surface area contributed by atoms with Crippen LogP contribution in [0.4, 0.5) is 4.39 Å². The van der Waals surface area contributed by atoms with Gasteiger partial charge in [-0.2, -0.15) is 4.98 Å². The molecule has 0 saturated carbocycles. The van der Waals surface area contributed by atoms with Crippen molar-refractivity contribution in [2.45, 2.75) is 13.5 Å². The summed E-state index contributed by atoms with van der Waals surface area (Å²) in [5.74, 6) is 0.700. The number of benzene rings is 2. The van der Waals surface area contributed by atoms with Crippen molar-refractivity contribution in [3.05, 3.63) is 92.6 Å². The van der Waals surface area contributed by atoms with Gasteiger partial charge in [-0.05, 0) is 25.1 Å². The molecule has 2 aromatic carbocycles. The monoisotopic (exact) mass is 433 g/mol. The summed E-state index contributed by atoms with van der Waals surface area (Å²) < 4.78 is 25.4. The number of hydrogen-bond donors (Lipinski definition) is 0. The van der Waals surface area contributed by atoms with Crippen LogP contribution in [0.5, 0.6) is 5.75 Å². The highest BCUT2D eigenvalue weighted by Gasteiger charge is 2.21. The van der Waals surface area contributed by atoms with Crippen molar-refractivity contribution >= 4 is 16.9 Å². The quantitative estimate of drug-likeness (QED) is 0.437. The number of hydrogen-bond acceptors (Lipinski definition) is 4. The number of aryl methyl sites for hydroxylation is 2. The summed E-state index contributed by atoms with van der Waals surface area (Å²) in [6, 6.07) is 13.6. The van der Waals surface area contributed by atoms with E-state index in [1.54, 1.807) is 43.0 Å². The first kappa shape index (κ1) is 19.8. The summed E-state index contributed by atoms with van der Waals surface area (Å²) in [7, 11) is 3.14. The van der Waals surface area contributed by atoms with Crippen LogP contribution in [0.1, 0.15) is 11.3 Å². The standard InChI is InChI=1S/C23H20FN5O3/c1-14-12-27-19-20(25-22(27)29(14)16-8-6-9-17(11-16)32-3)26(2)23(31)28(21(19)30)13-15-7-4-5-10-18(15)24/h4-12H,13H2,1-3H3. The predicted molar refractivity (Wildman–Crippen MR) is 118 cm³/mol. The molecule has 3 heterocycles. The van der Waals surface area contributed by atoms with Gasteiger partial charge in [0.2, 0.25) is 5.78 Å². The first-order chi connectivity index (χ1) is 15.4.